The van der Waals surface area contributed by atoms with Crippen molar-refractivity contribution in [3.05, 3.63) is 29.3 Å². The number of hydrogen-bond donors (Lipinski definition) is 1. The Balaban J connectivity index is 1.66. The average Bonchev–Trinajstić information content (AvgIpc) is 3.37. The quantitative estimate of drug-likeness (QED) is 0.501. The van der Waals surface area contributed by atoms with E-state index in [-0.39, 0.29) is 12.1 Å². The zero-order valence-corrected chi connectivity index (χ0v) is 23.6. The standard InChI is InChI=1S/C30H49N3O3/c1-7-30(8-2)14-11-22(12-15-30)26-19-23(32-17-13-24(21-32)35-6)9-10-25(26)27-20-31-16-18-33(27)28(34)36-29(3,4)5/h9-10,19,22,24,27,31H,7-8,11-18,20-21H2,1-6H3/t24-,27?/m1/s1. The summed E-state index contributed by atoms with van der Waals surface area (Å²) in [5.74, 6) is 0.536. The zero-order chi connectivity index (χ0) is 25.9. The van der Waals surface area contributed by atoms with E-state index in [9.17, 15) is 4.79 Å². The van der Waals surface area contributed by atoms with E-state index in [1.165, 1.54) is 55.3 Å². The summed E-state index contributed by atoms with van der Waals surface area (Å²) in [5.41, 5.74) is 4.04. The molecule has 3 fully saturated rings. The first kappa shape index (κ1) is 27.3. The van der Waals surface area contributed by atoms with Crippen LogP contribution in [0.5, 0.6) is 0 Å². The number of amides is 1. The molecule has 2 aliphatic heterocycles. The molecule has 0 spiro atoms. The minimum atomic E-state index is -0.500. The molecule has 1 aliphatic carbocycles. The summed E-state index contributed by atoms with van der Waals surface area (Å²) in [4.78, 5) is 17.7. The second-order valence-corrected chi connectivity index (χ2v) is 12.3. The monoisotopic (exact) mass is 499 g/mol. The number of carbonyl (C=O) groups is 1. The number of rotatable bonds is 6. The molecule has 2 heterocycles. The maximum Gasteiger partial charge on any atom is 0.410 e. The Hall–Kier alpha value is -1.79. The van der Waals surface area contributed by atoms with Gasteiger partial charge < -0.3 is 19.7 Å². The molecule has 2 atom stereocenters. The fraction of sp³-hybridized carbons (Fsp3) is 0.767. The number of piperazine rings is 1. The SMILES string of the molecule is CCC1(CC)CCC(c2cc(N3CC[C@@H](OC)C3)ccc2C2CNCCN2C(=O)OC(C)(C)C)CC1. The molecule has 0 aromatic heterocycles. The van der Waals surface area contributed by atoms with E-state index in [2.05, 4.69) is 42.3 Å². The molecule has 1 saturated carbocycles. The van der Waals surface area contributed by atoms with E-state index in [0.29, 0.717) is 24.0 Å². The Morgan fingerprint density at radius 3 is 2.42 bits per heavy atom. The van der Waals surface area contributed by atoms with Crippen LogP contribution in [0.15, 0.2) is 18.2 Å². The van der Waals surface area contributed by atoms with Crippen molar-refractivity contribution in [1.82, 2.24) is 10.2 Å². The van der Waals surface area contributed by atoms with Gasteiger partial charge in [-0.3, -0.25) is 4.90 Å². The van der Waals surface area contributed by atoms with Crippen LogP contribution in [0.1, 0.15) is 103 Å². The van der Waals surface area contributed by atoms with Crippen LogP contribution in [0, 0.1) is 5.41 Å². The minimum Gasteiger partial charge on any atom is -0.444 e. The van der Waals surface area contributed by atoms with E-state index in [0.717, 1.165) is 32.6 Å². The smallest absolute Gasteiger partial charge is 0.410 e. The highest BCUT2D eigenvalue weighted by molar-refractivity contribution is 5.69. The van der Waals surface area contributed by atoms with E-state index in [1.54, 1.807) is 0 Å². The molecule has 1 unspecified atom stereocenters. The first-order chi connectivity index (χ1) is 17.2. The molecule has 202 valence electrons. The molecule has 1 N–H and O–H groups in total. The molecule has 4 rings (SSSR count). The van der Waals surface area contributed by atoms with Gasteiger partial charge in [0.2, 0.25) is 0 Å². The first-order valence-corrected chi connectivity index (χ1v) is 14.3. The number of carbonyl (C=O) groups excluding carboxylic acids is 1. The Morgan fingerprint density at radius 2 is 1.81 bits per heavy atom. The summed E-state index contributed by atoms with van der Waals surface area (Å²) in [5, 5.41) is 3.55. The van der Waals surface area contributed by atoms with Crippen molar-refractivity contribution in [3.63, 3.8) is 0 Å². The lowest BCUT2D eigenvalue weighted by Gasteiger charge is -2.42. The van der Waals surface area contributed by atoms with Gasteiger partial charge in [-0.15, -0.1) is 0 Å². The molecule has 0 bridgehead atoms. The molecule has 1 aromatic carbocycles. The predicted octanol–water partition coefficient (Wildman–Crippen LogP) is 6.26. The molecular formula is C30H49N3O3. The fourth-order valence-electron chi connectivity index (χ4n) is 6.59. The highest BCUT2D eigenvalue weighted by Crippen LogP contribution is 2.49. The third kappa shape index (κ3) is 6.02. The summed E-state index contributed by atoms with van der Waals surface area (Å²) < 4.78 is 11.5. The van der Waals surface area contributed by atoms with Crippen molar-refractivity contribution in [1.29, 1.82) is 0 Å². The topological polar surface area (TPSA) is 54.0 Å². The maximum absolute atomic E-state index is 13.2. The van der Waals surface area contributed by atoms with Gasteiger partial charge in [-0.25, -0.2) is 4.79 Å². The summed E-state index contributed by atoms with van der Waals surface area (Å²) in [7, 11) is 1.82. The molecule has 2 saturated heterocycles. The lowest BCUT2D eigenvalue weighted by molar-refractivity contribution is 0.0116. The molecule has 6 heteroatoms. The van der Waals surface area contributed by atoms with E-state index < -0.39 is 5.60 Å². The average molecular weight is 500 g/mol. The van der Waals surface area contributed by atoms with Crippen molar-refractivity contribution in [2.45, 2.75) is 103 Å². The van der Waals surface area contributed by atoms with Gasteiger partial charge in [0, 0.05) is 45.5 Å². The van der Waals surface area contributed by atoms with Crippen molar-refractivity contribution in [2.24, 2.45) is 5.41 Å². The zero-order valence-electron chi connectivity index (χ0n) is 23.6. The third-order valence-corrected chi connectivity index (χ3v) is 9.13. The Labute approximate surface area is 219 Å². The molecule has 1 amide bonds. The molecule has 3 aliphatic rings. The molecular weight excluding hydrogens is 450 g/mol. The van der Waals surface area contributed by atoms with Gasteiger partial charge in [-0.2, -0.15) is 0 Å². The predicted molar refractivity (Wildman–Crippen MR) is 147 cm³/mol. The summed E-state index contributed by atoms with van der Waals surface area (Å²) in [6.07, 6.45) is 8.77. The Morgan fingerprint density at radius 1 is 1.08 bits per heavy atom. The normalized spacial score (nSPS) is 25.3. The van der Waals surface area contributed by atoms with Gasteiger partial charge in [-0.1, -0.05) is 32.8 Å². The second kappa shape index (κ2) is 11.3. The van der Waals surface area contributed by atoms with Crippen LogP contribution in [0.25, 0.3) is 0 Å². The van der Waals surface area contributed by atoms with Crippen LogP contribution in [0.4, 0.5) is 10.5 Å². The van der Waals surface area contributed by atoms with Crippen LogP contribution in [-0.4, -0.2) is 62.5 Å². The van der Waals surface area contributed by atoms with E-state index in [4.69, 9.17) is 9.47 Å². The maximum atomic E-state index is 13.2. The van der Waals surface area contributed by atoms with Crippen LogP contribution in [0.3, 0.4) is 0 Å². The highest BCUT2D eigenvalue weighted by atomic mass is 16.6. The first-order valence-electron chi connectivity index (χ1n) is 14.3. The van der Waals surface area contributed by atoms with Gasteiger partial charge in [-0.05, 0) is 87.5 Å². The van der Waals surface area contributed by atoms with E-state index >= 15 is 0 Å². The number of anilines is 1. The van der Waals surface area contributed by atoms with Gasteiger partial charge >= 0.3 is 6.09 Å². The van der Waals surface area contributed by atoms with Gasteiger partial charge in [0.15, 0.2) is 0 Å². The number of hydrogen-bond acceptors (Lipinski definition) is 5. The van der Waals surface area contributed by atoms with Crippen molar-refractivity contribution < 1.29 is 14.3 Å². The third-order valence-electron chi connectivity index (χ3n) is 9.13. The lowest BCUT2D eigenvalue weighted by Crippen LogP contribution is -2.50. The number of methoxy groups -OCH3 is 1. The number of nitrogens with one attached hydrogen (secondary N) is 1. The number of nitrogens with zero attached hydrogens (tertiary/aromatic N) is 2. The molecule has 6 nitrogen and oxygen atoms in total. The fourth-order valence-corrected chi connectivity index (χ4v) is 6.59. The largest absolute Gasteiger partial charge is 0.444 e. The van der Waals surface area contributed by atoms with E-state index in [1.807, 2.05) is 32.8 Å². The summed E-state index contributed by atoms with van der Waals surface area (Å²) in [6.45, 7) is 14.8. The Kier molecular flexibility index (Phi) is 8.56. The van der Waals surface area contributed by atoms with Crippen LogP contribution < -0.4 is 10.2 Å². The van der Waals surface area contributed by atoms with Crippen LogP contribution in [0.2, 0.25) is 0 Å². The van der Waals surface area contributed by atoms with Crippen LogP contribution in [-0.2, 0) is 9.47 Å². The second-order valence-electron chi connectivity index (χ2n) is 12.3. The van der Waals surface area contributed by atoms with Crippen molar-refractivity contribution in [2.75, 3.05) is 44.7 Å². The minimum absolute atomic E-state index is 0.00742. The van der Waals surface area contributed by atoms with Crippen molar-refractivity contribution in [3.8, 4) is 0 Å². The molecule has 36 heavy (non-hydrogen) atoms. The van der Waals surface area contributed by atoms with Gasteiger partial charge in [0.1, 0.15) is 5.60 Å². The van der Waals surface area contributed by atoms with Crippen molar-refractivity contribution >= 4 is 11.8 Å². The highest BCUT2D eigenvalue weighted by Gasteiger charge is 2.37. The Bertz CT molecular complexity index is 882. The molecule has 0 radical (unpaired) electrons. The lowest BCUT2D eigenvalue weighted by atomic mass is 9.65. The summed E-state index contributed by atoms with van der Waals surface area (Å²) in [6, 6.07) is 7.02. The van der Waals surface area contributed by atoms with Gasteiger partial charge in [0.05, 0.1) is 12.1 Å². The number of benzene rings is 1. The summed E-state index contributed by atoms with van der Waals surface area (Å²) >= 11 is 0. The number of ether oxygens (including phenoxy) is 2. The molecule has 1 aromatic rings. The van der Waals surface area contributed by atoms with Crippen LogP contribution >= 0.6 is 0 Å². The van der Waals surface area contributed by atoms with Gasteiger partial charge in [0.25, 0.3) is 0 Å².